The van der Waals surface area contributed by atoms with Crippen LogP contribution in [0.3, 0.4) is 0 Å². The number of rotatable bonds is 11. The molecule has 1 aliphatic carbocycles. The first-order chi connectivity index (χ1) is 14.0. The molecule has 2 N–H and O–H groups in total. The predicted octanol–water partition coefficient (Wildman–Crippen LogP) is 4.43. The van der Waals surface area contributed by atoms with Gasteiger partial charge in [-0.15, -0.1) is 0 Å². The van der Waals surface area contributed by atoms with Gasteiger partial charge in [0.1, 0.15) is 0 Å². The fraction of sp³-hybridized carbons (Fsp3) is 0.565. The van der Waals surface area contributed by atoms with Gasteiger partial charge >= 0.3 is 5.97 Å². The molecular formula is C23H33NO5. The lowest BCUT2D eigenvalue weighted by molar-refractivity contribution is -0.137. The summed E-state index contributed by atoms with van der Waals surface area (Å²) >= 11 is 0. The molecule has 0 bridgehead atoms. The highest BCUT2D eigenvalue weighted by atomic mass is 16.5. The summed E-state index contributed by atoms with van der Waals surface area (Å²) in [5.74, 6) is 1.18. The number of carbonyl (C=O) groups excluding carboxylic acids is 1. The normalized spacial score (nSPS) is 19.1. The minimum atomic E-state index is -0.766. The smallest absolute Gasteiger partial charge is 0.303 e. The number of carboxylic acids is 1. The Morgan fingerprint density at radius 1 is 1.14 bits per heavy atom. The number of carboxylic acid groups (broad SMARTS) is 1. The number of nitrogens with one attached hydrogen (secondary N) is 1. The minimum absolute atomic E-state index is 0.0646. The average molecular weight is 404 g/mol. The molecule has 1 aromatic rings. The van der Waals surface area contributed by atoms with Gasteiger partial charge in [-0.25, -0.2) is 0 Å². The van der Waals surface area contributed by atoms with Gasteiger partial charge < -0.3 is 19.9 Å². The van der Waals surface area contributed by atoms with Crippen LogP contribution in [0.25, 0.3) is 6.08 Å². The zero-order valence-electron chi connectivity index (χ0n) is 17.5. The Hall–Kier alpha value is -2.50. The number of amides is 1. The Kier molecular flexibility index (Phi) is 9.54. The van der Waals surface area contributed by atoms with E-state index in [9.17, 15) is 9.59 Å². The second kappa shape index (κ2) is 12.1. The highest BCUT2D eigenvalue weighted by molar-refractivity contribution is 5.92. The van der Waals surface area contributed by atoms with E-state index in [0.717, 1.165) is 37.2 Å². The molecule has 0 radical (unpaired) electrons. The summed E-state index contributed by atoms with van der Waals surface area (Å²) in [5.41, 5.74) is 0.864. The number of carbonyl (C=O) groups is 2. The summed E-state index contributed by atoms with van der Waals surface area (Å²) in [6, 6.07) is 5.83. The molecule has 0 aliphatic heterocycles. The lowest BCUT2D eigenvalue weighted by Gasteiger charge is -2.26. The Morgan fingerprint density at radius 2 is 1.90 bits per heavy atom. The van der Waals surface area contributed by atoms with Crippen molar-refractivity contribution in [2.75, 3.05) is 13.7 Å². The minimum Gasteiger partial charge on any atom is -0.493 e. The van der Waals surface area contributed by atoms with Crippen LogP contribution >= 0.6 is 0 Å². The Balaban J connectivity index is 1.80. The molecule has 1 fully saturated rings. The van der Waals surface area contributed by atoms with Crippen molar-refractivity contribution in [3.63, 3.8) is 0 Å². The zero-order chi connectivity index (χ0) is 21.1. The van der Waals surface area contributed by atoms with Crippen LogP contribution in [-0.4, -0.2) is 36.7 Å². The van der Waals surface area contributed by atoms with Crippen molar-refractivity contribution in [1.82, 2.24) is 5.32 Å². The van der Waals surface area contributed by atoms with Crippen molar-refractivity contribution in [2.45, 2.75) is 64.3 Å². The first kappa shape index (κ1) is 22.8. The third-order valence-corrected chi connectivity index (χ3v) is 5.27. The van der Waals surface area contributed by atoms with Crippen molar-refractivity contribution >= 4 is 18.0 Å². The first-order valence-electron chi connectivity index (χ1n) is 10.5. The number of ether oxygens (including phenoxy) is 2. The monoisotopic (exact) mass is 403 g/mol. The topological polar surface area (TPSA) is 84.9 Å². The second-order valence-corrected chi connectivity index (χ2v) is 7.76. The van der Waals surface area contributed by atoms with Crippen LogP contribution in [0.1, 0.15) is 63.9 Å². The summed E-state index contributed by atoms with van der Waals surface area (Å²) in [5, 5.41) is 11.7. The first-order valence-corrected chi connectivity index (χ1v) is 10.5. The van der Waals surface area contributed by atoms with E-state index in [4.69, 9.17) is 14.6 Å². The van der Waals surface area contributed by atoms with Crippen molar-refractivity contribution in [1.29, 1.82) is 0 Å². The lowest BCUT2D eigenvalue weighted by atomic mass is 9.87. The molecule has 0 unspecified atom stereocenters. The predicted molar refractivity (Wildman–Crippen MR) is 113 cm³/mol. The summed E-state index contributed by atoms with van der Waals surface area (Å²) < 4.78 is 11.1. The zero-order valence-corrected chi connectivity index (χ0v) is 17.5. The van der Waals surface area contributed by atoms with Gasteiger partial charge in [-0.2, -0.15) is 0 Å². The van der Waals surface area contributed by atoms with E-state index >= 15 is 0 Å². The van der Waals surface area contributed by atoms with Gasteiger partial charge in [0.2, 0.25) is 5.91 Å². The number of unbranched alkanes of at least 4 members (excludes halogenated alkanes) is 2. The largest absolute Gasteiger partial charge is 0.493 e. The second-order valence-electron chi connectivity index (χ2n) is 7.76. The SMILES string of the molecule is COc1cc(C=CC(=O)N[C@H]2CC[C@H](C)CC2)ccc1OCCCCCC(=O)O. The maximum absolute atomic E-state index is 12.2. The van der Waals surface area contributed by atoms with E-state index in [2.05, 4.69) is 12.2 Å². The fourth-order valence-electron chi connectivity index (χ4n) is 3.47. The Labute approximate surface area is 173 Å². The van der Waals surface area contributed by atoms with E-state index in [1.54, 1.807) is 19.3 Å². The molecule has 2 rings (SSSR count). The number of methoxy groups -OCH3 is 1. The molecule has 6 heteroatoms. The molecule has 0 spiro atoms. The van der Waals surface area contributed by atoms with Gasteiger partial charge in [-0.1, -0.05) is 13.0 Å². The Bertz CT molecular complexity index is 693. The molecule has 0 aromatic heterocycles. The van der Waals surface area contributed by atoms with Crippen molar-refractivity contribution in [2.24, 2.45) is 5.92 Å². The van der Waals surface area contributed by atoms with Gasteiger partial charge in [-0.3, -0.25) is 9.59 Å². The van der Waals surface area contributed by atoms with Crippen LogP contribution < -0.4 is 14.8 Å². The van der Waals surface area contributed by atoms with Crippen LogP contribution in [0.4, 0.5) is 0 Å². The molecule has 1 aromatic carbocycles. The Morgan fingerprint density at radius 3 is 2.59 bits per heavy atom. The van der Waals surface area contributed by atoms with Crippen LogP contribution in [0.5, 0.6) is 11.5 Å². The maximum Gasteiger partial charge on any atom is 0.303 e. The van der Waals surface area contributed by atoms with Crippen LogP contribution in [0, 0.1) is 5.92 Å². The maximum atomic E-state index is 12.2. The highest BCUT2D eigenvalue weighted by Gasteiger charge is 2.18. The van der Waals surface area contributed by atoms with Gasteiger partial charge in [-0.05, 0) is 74.6 Å². The molecule has 0 heterocycles. The van der Waals surface area contributed by atoms with Crippen LogP contribution in [0.2, 0.25) is 0 Å². The van der Waals surface area contributed by atoms with Gasteiger partial charge in [0, 0.05) is 18.5 Å². The van der Waals surface area contributed by atoms with Gasteiger partial charge in [0.15, 0.2) is 11.5 Å². The summed E-state index contributed by atoms with van der Waals surface area (Å²) in [4.78, 5) is 22.7. The molecule has 0 saturated heterocycles. The highest BCUT2D eigenvalue weighted by Crippen LogP contribution is 2.29. The van der Waals surface area contributed by atoms with E-state index in [1.807, 2.05) is 18.2 Å². The third-order valence-electron chi connectivity index (χ3n) is 5.27. The van der Waals surface area contributed by atoms with Crippen molar-refractivity contribution in [3.8, 4) is 11.5 Å². The van der Waals surface area contributed by atoms with Crippen molar-refractivity contribution in [3.05, 3.63) is 29.8 Å². The molecule has 160 valence electrons. The van der Waals surface area contributed by atoms with E-state index in [-0.39, 0.29) is 18.4 Å². The molecule has 6 nitrogen and oxygen atoms in total. The summed E-state index contributed by atoms with van der Waals surface area (Å²) in [7, 11) is 1.58. The van der Waals surface area contributed by atoms with Crippen LogP contribution in [-0.2, 0) is 9.59 Å². The molecule has 1 aliphatic rings. The number of hydrogen-bond acceptors (Lipinski definition) is 4. The van der Waals surface area contributed by atoms with Gasteiger partial charge in [0.05, 0.1) is 13.7 Å². The van der Waals surface area contributed by atoms with Crippen molar-refractivity contribution < 1.29 is 24.2 Å². The molecule has 0 atom stereocenters. The van der Waals surface area contributed by atoms with E-state index < -0.39 is 5.97 Å². The lowest BCUT2D eigenvalue weighted by Crippen LogP contribution is -2.36. The molecule has 1 saturated carbocycles. The molecule has 29 heavy (non-hydrogen) atoms. The standard InChI is InChI=1S/C23H33NO5/c1-17-7-11-19(12-8-17)24-22(25)14-10-18-9-13-20(21(16-18)28-2)29-15-5-3-4-6-23(26)27/h9-10,13-14,16-17,19H,3-8,11-12,15H2,1-2H3,(H,24,25)(H,26,27)/t17-,19-. The molecular weight excluding hydrogens is 370 g/mol. The quantitative estimate of drug-likeness (QED) is 0.422. The fourth-order valence-corrected chi connectivity index (χ4v) is 3.47. The summed E-state index contributed by atoms with van der Waals surface area (Å²) in [6.45, 7) is 2.77. The van der Waals surface area contributed by atoms with E-state index in [1.165, 1.54) is 12.8 Å². The number of hydrogen-bond donors (Lipinski definition) is 2. The third kappa shape index (κ3) is 8.59. The summed E-state index contributed by atoms with van der Waals surface area (Å²) in [6.07, 6.45) is 10.2. The van der Waals surface area contributed by atoms with Crippen LogP contribution in [0.15, 0.2) is 24.3 Å². The number of benzene rings is 1. The number of aliphatic carboxylic acids is 1. The van der Waals surface area contributed by atoms with E-state index in [0.29, 0.717) is 24.5 Å². The molecule has 1 amide bonds. The average Bonchev–Trinajstić information content (AvgIpc) is 2.71. The van der Waals surface area contributed by atoms with Gasteiger partial charge in [0.25, 0.3) is 0 Å².